The Balaban J connectivity index is 1.86. The first-order chi connectivity index (χ1) is 15.7. The van der Waals surface area contributed by atoms with E-state index in [1.165, 1.54) is 0 Å². The SMILES string of the molecule is C=C(Nc1ncc(F)c(N2C(=O)OC[C@@H]2[C@@H](C)OC(C)(C)C)n1)c1ccc(C(F)(F)F)cc1F. The number of halogens is 5. The van der Waals surface area contributed by atoms with Crippen LogP contribution in [0.3, 0.4) is 0 Å². The van der Waals surface area contributed by atoms with Crippen LogP contribution in [0.5, 0.6) is 0 Å². The van der Waals surface area contributed by atoms with Crippen LogP contribution in [0.15, 0.2) is 31.0 Å². The molecule has 1 saturated heterocycles. The summed E-state index contributed by atoms with van der Waals surface area (Å²) in [5.74, 6) is -2.77. The quantitative estimate of drug-likeness (QED) is 0.552. The monoisotopic (exact) mass is 486 g/mol. The van der Waals surface area contributed by atoms with Gasteiger partial charge in [-0.1, -0.05) is 6.58 Å². The van der Waals surface area contributed by atoms with E-state index >= 15 is 0 Å². The smallest absolute Gasteiger partial charge is 0.416 e. The molecule has 1 amide bonds. The number of nitrogens with one attached hydrogen (secondary N) is 1. The number of ether oxygens (including phenoxy) is 2. The number of aromatic nitrogens is 2. The van der Waals surface area contributed by atoms with E-state index in [9.17, 15) is 26.7 Å². The highest BCUT2D eigenvalue weighted by Crippen LogP contribution is 2.32. The fourth-order valence-corrected chi connectivity index (χ4v) is 3.39. The minimum atomic E-state index is -4.71. The van der Waals surface area contributed by atoms with Crippen LogP contribution in [-0.4, -0.2) is 40.4 Å². The van der Waals surface area contributed by atoms with Gasteiger partial charge in [0, 0.05) is 11.3 Å². The molecule has 2 aromatic rings. The number of carbonyl (C=O) groups is 1. The lowest BCUT2D eigenvalue weighted by Crippen LogP contribution is -2.45. The van der Waals surface area contributed by atoms with Crippen LogP contribution >= 0.6 is 0 Å². The number of cyclic esters (lactones) is 1. The maximum Gasteiger partial charge on any atom is 0.416 e. The van der Waals surface area contributed by atoms with Crippen LogP contribution in [0.2, 0.25) is 0 Å². The van der Waals surface area contributed by atoms with E-state index in [-0.39, 0.29) is 23.8 Å². The summed E-state index contributed by atoms with van der Waals surface area (Å²) < 4.78 is 78.2. The second-order valence-corrected chi connectivity index (χ2v) is 8.61. The Morgan fingerprint density at radius 3 is 2.53 bits per heavy atom. The van der Waals surface area contributed by atoms with E-state index in [1.54, 1.807) is 6.92 Å². The van der Waals surface area contributed by atoms with Crippen molar-refractivity contribution in [2.75, 3.05) is 16.8 Å². The van der Waals surface area contributed by atoms with Gasteiger partial charge in [0.15, 0.2) is 11.6 Å². The predicted octanol–water partition coefficient (Wildman–Crippen LogP) is 5.39. The lowest BCUT2D eigenvalue weighted by Gasteiger charge is -2.31. The summed E-state index contributed by atoms with van der Waals surface area (Å²) in [4.78, 5) is 21.1. The number of anilines is 2. The van der Waals surface area contributed by atoms with Crippen molar-refractivity contribution in [2.24, 2.45) is 0 Å². The summed E-state index contributed by atoms with van der Waals surface area (Å²) in [5, 5.41) is 2.53. The Labute approximate surface area is 192 Å². The predicted molar refractivity (Wildman–Crippen MR) is 114 cm³/mol. The van der Waals surface area contributed by atoms with Gasteiger partial charge in [-0.05, 0) is 45.9 Å². The van der Waals surface area contributed by atoms with Crippen LogP contribution in [0.25, 0.3) is 5.70 Å². The molecule has 3 rings (SSSR count). The summed E-state index contributed by atoms with van der Waals surface area (Å²) in [6.07, 6.45) is -5.31. The zero-order chi connectivity index (χ0) is 25.4. The molecule has 7 nitrogen and oxygen atoms in total. The van der Waals surface area contributed by atoms with Crippen molar-refractivity contribution >= 4 is 23.6 Å². The first-order valence-electron chi connectivity index (χ1n) is 10.2. The van der Waals surface area contributed by atoms with Crippen LogP contribution in [0.1, 0.15) is 38.8 Å². The average molecular weight is 486 g/mol. The minimum absolute atomic E-state index is 0.0637. The largest absolute Gasteiger partial charge is 0.447 e. The van der Waals surface area contributed by atoms with Crippen LogP contribution < -0.4 is 10.2 Å². The third-order valence-corrected chi connectivity index (χ3v) is 4.83. The zero-order valence-electron chi connectivity index (χ0n) is 18.8. The Hall–Kier alpha value is -3.28. The highest BCUT2D eigenvalue weighted by molar-refractivity contribution is 5.89. The molecule has 0 unspecified atom stereocenters. The maximum absolute atomic E-state index is 14.6. The number of alkyl halides is 3. The first-order valence-corrected chi connectivity index (χ1v) is 10.2. The zero-order valence-corrected chi connectivity index (χ0v) is 18.8. The van der Waals surface area contributed by atoms with E-state index in [1.807, 2.05) is 20.8 Å². The third-order valence-electron chi connectivity index (χ3n) is 4.83. The van der Waals surface area contributed by atoms with Gasteiger partial charge in [0.25, 0.3) is 0 Å². The van der Waals surface area contributed by atoms with Crippen molar-refractivity contribution < 1.29 is 36.2 Å². The fourth-order valence-electron chi connectivity index (χ4n) is 3.39. The molecule has 1 aliphatic rings. The second-order valence-electron chi connectivity index (χ2n) is 8.61. The third kappa shape index (κ3) is 5.61. The number of nitrogens with zero attached hydrogens (tertiary/aromatic N) is 3. The molecule has 1 aromatic heterocycles. The highest BCUT2D eigenvalue weighted by Gasteiger charge is 2.42. The van der Waals surface area contributed by atoms with Gasteiger partial charge in [-0.25, -0.2) is 23.5 Å². The summed E-state index contributed by atoms with van der Waals surface area (Å²) >= 11 is 0. The molecule has 34 heavy (non-hydrogen) atoms. The van der Waals surface area contributed by atoms with Gasteiger partial charge in [-0.3, -0.25) is 0 Å². The van der Waals surface area contributed by atoms with Crippen molar-refractivity contribution in [1.82, 2.24) is 9.97 Å². The van der Waals surface area contributed by atoms with E-state index in [0.29, 0.717) is 12.1 Å². The number of amides is 1. The molecular formula is C22H23F5N4O3. The number of rotatable bonds is 6. The second kappa shape index (κ2) is 9.16. The topological polar surface area (TPSA) is 76.6 Å². The van der Waals surface area contributed by atoms with E-state index in [4.69, 9.17) is 9.47 Å². The van der Waals surface area contributed by atoms with E-state index in [0.717, 1.165) is 17.2 Å². The van der Waals surface area contributed by atoms with Crippen molar-refractivity contribution in [3.63, 3.8) is 0 Å². The summed E-state index contributed by atoms with van der Waals surface area (Å²) in [6, 6.07) is 1.24. The molecular weight excluding hydrogens is 463 g/mol. The molecule has 2 heterocycles. The molecule has 0 radical (unpaired) electrons. The van der Waals surface area contributed by atoms with Gasteiger partial charge < -0.3 is 14.8 Å². The molecule has 2 atom stereocenters. The van der Waals surface area contributed by atoms with Crippen LogP contribution in [0, 0.1) is 11.6 Å². The molecule has 0 aliphatic carbocycles. The normalized spacial score (nSPS) is 17.5. The van der Waals surface area contributed by atoms with E-state index < -0.39 is 53.0 Å². The number of hydrogen-bond acceptors (Lipinski definition) is 6. The van der Waals surface area contributed by atoms with Gasteiger partial charge in [0.1, 0.15) is 18.5 Å². The Morgan fingerprint density at radius 2 is 1.94 bits per heavy atom. The molecule has 1 aromatic carbocycles. The lowest BCUT2D eigenvalue weighted by atomic mass is 10.1. The fraction of sp³-hybridized carbons (Fsp3) is 0.409. The van der Waals surface area contributed by atoms with Crippen molar-refractivity contribution in [2.45, 2.75) is 51.6 Å². The van der Waals surface area contributed by atoms with Crippen LogP contribution in [-0.2, 0) is 15.7 Å². The number of benzene rings is 1. The van der Waals surface area contributed by atoms with Gasteiger partial charge >= 0.3 is 12.3 Å². The summed E-state index contributed by atoms with van der Waals surface area (Å²) in [7, 11) is 0. The molecule has 1 N–H and O–H groups in total. The first kappa shape index (κ1) is 25.3. The average Bonchev–Trinajstić information content (AvgIpc) is 3.08. The molecule has 0 spiro atoms. The number of hydrogen-bond donors (Lipinski definition) is 1. The standard InChI is InChI=1S/C22H23F5N4O3/c1-11(14-7-6-13(8-15(14)23)22(25,26)27)29-19-28-9-16(24)18(30-19)31-17(10-33-20(31)32)12(2)34-21(3,4)5/h6-9,12,17H,1,10H2,2-5H3,(H,28,29,30)/t12-,17-/m1/s1. The molecule has 0 bridgehead atoms. The van der Waals surface area contributed by atoms with Gasteiger partial charge in [-0.15, -0.1) is 0 Å². The molecule has 1 aliphatic heterocycles. The molecule has 12 heteroatoms. The maximum atomic E-state index is 14.6. The van der Waals surface area contributed by atoms with Crippen molar-refractivity contribution in [3.8, 4) is 0 Å². The molecule has 0 saturated carbocycles. The van der Waals surface area contributed by atoms with E-state index in [2.05, 4.69) is 21.9 Å². The van der Waals surface area contributed by atoms with Gasteiger partial charge in [-0.2, -0.15) is 18.2 Å². The highest BCUT2D eigenvalue weighted by atomic mass is 19.4. The van der Waals surface area contributed by atoms with Crippen LogP contribution in [0.4, 0.5) is 38.5 Å². The van der Waals surface area contributed by atoms with Gasteiger partial charge in [0.2, 0.25) is 5.95 Å². The summed E-state index contributed by atoms with van der Waals surface area (Å²) in [6.45, 7) is 10.7. The van der Waals surface area contributed by atoms with Gasteiger partial charge in [0.05, 0.1) is 23.5 Å². The van der Waals surface area contributed by atoms with Crippen molar-refractivity contribution in [3.05, 3.63) is 53.7 Å². The Kier molecular flexibility index (Phi) is 6.83. The number of carbonyl (C=O) groups excluding carboxylic acids is 1. The Bertz CT molecular complexity index is 1100. The summed E-state index contributed by atoms with van der Waals surface area (Å²) in [5.41, 5.74) is -2.15. The van der Waals surface area contributed by atoms with Crippen molar-refractivity contribution in [1.29, 1.82) is 0 Å². The Morgan fingerprint density at radius 1 is 1.26 bits per heavy atom. The lowest BCUT2D eigenvalue weighted by molar-refractivity contribution is -0.137. The molecule has 1 fully saturated rings. The molecule has 184 valence electrons. The minimum Gasteiger partial charge on any atom is -0.447 e.